The summed E-state index contributed by atoms with van der Waals surface area (Å²) in [6.45, 7) is 3.40. The zero-order valence-electron chi connectivity index (χ0n) is 10.8. The molecule has 1 N–H and O–H groups in total. The van der Waals surface area contributed by atoms with Gasteiger partial charge >= 0.3 is 0 Å². The standard InChI is InChI=1S/C14H15FN2O2/c1-9-7-14(19)17(10(2)16-9)8-13(18)11-5-3-4-6-12(11)15/h3-7,13,18H,8H2,1-2H3. The fourth-order valence-electron chi connectivity index (χ4n) is 2.00. The second-order valence-electron chi connectivity index (χ2n) is 4.43. The first kappa shape index (κ1) is 13.4. The minimum atomic E-state index is -1.08. The number of hydrogen-bond donors (Lipinski definition) is 1. The molecule has 5 heteroatoms. The first-order valence-electron chi connectivity index (χ1n) is 5.96. The zero-order chi connectivity index (χ0) is 14.0. The molecule has 2 rings (SSSR count). The van der Waals surface area contributed by atoms with Crippen molar-refractivity contribution in [1.29, 1.82) is 0 Å². The lowest BCUT2D eigenvalue weighted by Gasteiger charge is -2.15. The van der Waals surface area contributed by atoms with Crippen LogP contribution in [0.5, 0.6) is 0 Å². The molecule has 0 aliphatic heterocycles. The minimum absolute atomic E-state index is 0.0150. The molecule has 1 heterocycles. The Hall–Kier alpha value is -2.01. The molecule has 0 spiro atoms. The van der Waals surface area contributed by atoms with E-state index in [0.29, 0.717) is 11.5 Å². The van der Waals surface area contributed by atoms with Gasteiger partial charge < -0.3 is 5.11 Å². The van der Waals surface area contributed by atoms with Crippen LogP contribution in [-0.2, 0) is 6.54 Å². The van der Waals surface area contributed by atoms with Crippen molar-refractivity contribution < 1.29 is 9.50 Å². The lowest BCUT2D eigenvalue weighted by molar-refractivity contribution is 0.149. The molecule has 2 aromatic rings. The van der Waals surface area contributed by atoms with Crippen molar-refractivity contribution in [1.82, 2.24) is 9.55 Å². The van der Waals surface area contributed by atoms with Gasteiger partial charge in [-0.15, -0.1) is 0 Å². The third kappa shape index (κ3) is 2.88. The van der Waals surface area contributed by atoms with Crippen molar-refractivity contribution in [2.45, 2.75) is 26.5 Å². The minimum Gasteiger partial charge on any atom is -0.386 e. The third-order valence-corrected chi connectivity index (χ3v) is 2.95. The molecule has 0 saturated carbocycles. The van der Waals surface area contributed by atoms with Crippen molar-refractivity contribution in [3.8, 4) is 0 Å². The van der Waals surface area contributed by atoms with Crippen LogP contribution in [0, 0.1) is 19.7 Å². The molecule has 1 unspecified atom stereocenters. The Labute approximate surface area is 110 Å². The van der Waals surface area contributed by atoms with Gasteiger partial charge in [0.15, 0.2) is 0 Å². The Morgan fingerprint density at radius 3 is 2.68 bits per heavy atom. The van der Waals surface area contributed by atoms with Crippen LogP contribution in [0.1, 0.15) is 23.2 Å². The van der Waals surface area contributed by atoms with E-state index in [4.69, 9.17) is 0 Å². The van der Waals surface area contributed by atoms with Crippen molar-refractivity contribution in [2.24, 2.45) is 0 Å². The highest BCUT2D eigenvalue weighted by molar-refractivity contribution is 5.19. The fourth-order valence-corrected chi connectivity index (χ4v) is 2.00. The van der Waals surface area contributed by atoms with Gasteiger partial charge in [0, 0.05) is 17.3 Å². The monoisotopic (exact) mass is 262 g/mol. The van der Waals surface area contributed by atoms with Gasteiger partial charge in [-0.1, -0.05) is 18.2 Å². The Morgan fingerprint density at radius 1 is 1.37 bits per heavy atom. The highest BCUT2D eigenvalue weighted by atomic mass is 19.1. The van der Waals surface area contributed by atoms with E-state index >= 15 is 0 Å². The predicted octanol–water partition coefficient (Wildman–Crippen LogP) is 1.73. The van der Waals surface area contributed by atoms with Gasteiger partial charge in [-0.2, -0.15) is 0 Å². The predicted molar refractivity (Wildman–Crippen MR) is 69.3 cm³/mol. The maximum absolute atomic E-state index is 13.5. The van der Waals surface area contributed by atoms with Crippen LogP contribution in [-0.4, -0.2) is 14.7 Å². The number of aliphatic hydroxyl groups is 1. The summed E-state index contributed by atoms with van der Waals surface area (Å²) in [4.78, 5) is 16.0. The normalized spacial score (nSPS) is 12.4. The molecule has 1 aromatic carbocycles. The van der Waals surface area contributed by atoms with Gasteiger partial charge in [0.2, 0.25) is 0 Å². The molecule has 0 radical (unpaired) electrons. The summed E-state index contributed by atoms with van der Waals surface area (Å²) in [6.07, 6.45) is -1.08. The largest absolute Gasteiger partial charge is 0.386 e. The van der Waals surface area contributed by atoms with Gasteiger partial charge in [-0.3, -0.25) is 9.36 Å². The summed E-state index contributed by atoms with van der Waals surface area (Å²) in [5.74, 6) is 0.0150. The Balaban J connectivity index is 2.32. The summed E-state index contributed by atoms with van der Waals surface area (Å²) in [5.41, 5.74) is 0.550. The van der Waals surface area contributed by atoms with E-state index in [-0.39, 0.29) is 17.7 Å². The summed E-state index contributed by atoms with van der Waals surface area (Å²) in [7, 11) is 0. The molecule has 1 aromatic heterocycles. The summed E-state index contributed by atoms with van der Waals surface area (Å²) in [6, 6.07) is 7.37. The molecule has 0 amide bonds. The van der Waals surface area contributed by atoms with E-state index in [1.54, 1.807) is 26.0 Å². The van der Waals surface area contributed by atoms with Crippen molar-refractivity contribution >= 4 is 0 Å². The third-order valence-electron chi connectivity index (χ3n) is 2.95. The van der Waals surface area contributed by atoms with Gasteiger partial charge in [-0.25, -0.2) is 9.37 Å². The fraction of sp³-hybridized carbons (Fsp3) is 0.286. The van der Waals surface area contributed by atoms with Crippen molar-refractivity contribution in [3.05, 3.63) is 63.6 Å². The molecule has 1 atom stereocenters. The summed E-state index contributed by atoms with van der Waals surface area (Å²) < 4.78 is 14.9. The van der Waals surface area contributed by atoms with Crippen LogP contribution >= 0.6 is 0 Å². The Morgan fingerprint density at radius 2 is 2.05 bits per heavy atom. The molecule has 0 fully saturated rings. The number of halogens is 1. The number of aryl methyl sites for hydroxylation is 2. The van der Waals surface area contributed by atoms with E-state index in [0.717, 1.165) is 0 Å². The molecule has 0 aliphatic carbocycles. The lowest BCUT2D eigenvalue weighted by Crippen LogP contribution is -2.26. The van der Waals surface area contributed by atoms with Crippen LogP contribution in [0.15, 0.2) is 35.1 Å². The molecule has 100 valence electrons. The second kappa shape index (κ2) is 5.32. The van der Waals surface area contributed by atoms with E-state index in [9.17, 15) is 14.3 Å². The summed E-state index contributed by atoms with van der Waals surface area (Å²) >= 11 is 0. The maximum atomic E-state index is 13.5. The van der Waals surface area contributed by atoms with E-state index in [1.807, 2.05) is 0 Å². The van der Waals surface area contributed by atoms with Gasteiger partial charge in [0.05, 0.1) is 12.6 Å². The molecular formula is C14H15FN2O2. The highest BCUT2D eigenvalue weighted by Crippen LogP contribution is 2.18. The molecular weight excluding hydrogens is 247 g/mol. The van der Waals surface area contributed by atoms with Gasteiger partial charge in [0.25, 0.3) is 5.56 Å². The topological polar surface area (TPSA) is 55.1 Å². The Kier molecular flexibility index (Phi) is 3.76. The van der Waals surface area contributed by atoms with Crippen LogP contribution in [0.4, 0.5) is 4.39 Å². The number of nitrogens with zero attached hydrogens (tertiary/aromatic N) is 2. The van der Waals surface area contributed by atoms with E-state index in [1.165, 1.54) is 22.8 Å². The average Bonchev–Trinajstić information content (AvgIpc) is 2.34. The van der Waals surface area contributed by atoms with Crippen LogP contribution in [0.2, 0.25) is 0 Å². The first-order chi connectivity index (χ1) is 8.99. The average molecular weight is 262 g/mol. The summed E-state index contributed by atoms with van der Waals surface area (Å²) in [5, 5.41) is 10.0. The maximum Gasteiger partial charge on any atom is 0.253 e. The van der Waals surface area contributed by atoms with Crippen LogP contribution in [0.25, 0.3) is 0 Å². The molecule has 19 heavy (non-hydrogen) atoms. The highest BCUT2D eigenvalue weighted by Gasteiger charge is 2.15. The molecule has 0 saturated heterocycles. The Bertz CT molecular complexity index is 652. The number of hydrogen-bond acceptors (Lipinski definition) is 3. The van der Waals surface area contributed by atoms with Crippen LogP contribution < -0.4 is 5.56 Å². The van der Waals surface area contributed by atoms with Gasteiger partial charge in [-0.05, 0) is 19.9 Å². The lowest BCUT2D eigenvalue weighted by atomic mass is 10.1. The number of aliphatic hydroxyl groups excluding tert-OH is 1. The van der Waals surface area contributed by atoms with E-state index < -0.39 is 11.9 Å². The van der Waals surface area contributed by atoms with E-state index in [2.05, 4.69) is 4.98 Å². The van der Waals surface area contributed by atoms with Crippen LogP contribution in [0.3, 0.4) is 0 Å². The van der Waals surface area contributed by atoms with Crippen molar-refractivity contribution in [3.63, 3.8) is 0 Å². The number of aromatic nitrogens is 2. The second-order valence-corrected chi connectivity index (χ2v) is 4.43. The number of rotatable bonds is 3. The smallest absolute Gasteiger partial charge is 0.253 e. The first-order valence-corrected chi connectivity index (χ1v) is 5.96. The quantitative estimate of drug-likeness (QED) is 0.916. The SMILES string of the molecule is Cc1cc(=O)n(CC(O)c2ccccc2F)c(C)n1. The molecule has 0 aliphatic rings. The zero-order valence-corrected chi connectivity index (χ0v) is 10.8. The molecule has 0 bridgehead atoms. The van der Waals surface area contributed by atoms with Crippen molar-refractivity contribution in [2.75, 3.05) is 0 Å². The number of benzene rings is 1. The van der Waals surface area contributed by atoms with Gasteiger partial charge in [0.1, 0.15) is 11.6 Å². The molecule has 4 nitrogen and oxygen atoms in total.